The number of carbonyl (C=O) groups is 1. The fraction of sp³-hybridized carbons (Fsp3) is 0.383. The summed E-state index contributed by atoms with van der Waals surface area (Å²) in [4.78, 5) is 31.6. The fourth-order valence-corrected chi connectivity index (χ4v) is 10.1. The van der Waals surface area contributed by atoms with Crippen molar-refractivity contribution in [1.29, 1.82) is 5.26 Å². The zero-order valence-electron chi connectivity index (χ0n) is 35.3. The molecular formula is C47H47F2N9O3. The number of hydrogen-bond donors (Lipinski definition) is 0. The van der Waals surface area contributed by atoms with Gasteiger partial charge in [-0.2, -0.15) is 15.5 Å². The van der Waals surface area contributed by atoms with Crippen LogP contribution in [0.15, 0.2) is 71.9 Å². The lowest BCUT2D eigenvalue weighted by Gasteiger charge is -2.35. The molecule has 4 atom stereocenters. The molecule has 3 aliphatic rings. The van der Waals surface area contributed by atoms with Crippen LogP contribution in [0.5, 0.6) is 0 Å². The van der Waals surface area contributed by atoms with Gasteiger partial charge >= 0.3 is 5.69 Å². The van der Waals surface area contributed by atoms with Gasteiger partial charge in [-0.25, -0.2) is 18.3 Å². The highest BCUT2D eigenvalue weighted by Gasteiger charge is 2.56. The van der Waals surface area contributed by atoms with E-state index in [1.54, 1.807) is 65.6 Å². The molecule has 4 aromatic heterocycles. The molecule has 2 aliphatic heterocycles. The van der Waals surface area contributed by atoms with Gasteiger partial charge in [0.2, 0.25) is 0 Å². The van der Waals surface area contributed by atoms with Crippen LogP contribution in [0.1, 0.15) is 97.4 Å². The number of carbonyl (C=O) groups excluding carboxylic acids is 1. The highest BCUT2D eigenvalue weighted by molar-refractivity contribution is 6.00. The number of hydrogen-bond acceptors (Lipinski definition) is 6. The highest BCUT2D eigenvalue weighted by Crippen LogP contribution is 2.52. The van der Waals surface area contributed by atoms with Crippen LogP contribution >= 0.6 is 0 Å². The van der Waals surface area contributed by atoms with Crippen molar-refractivity contribution in [2.75, 3.05) is 13.2 Å². The van der Waals surface area contributed by atoms with E-state index in [-0.39, 0.29) is 34.3 Å². The van der Waals surface area contributed by atoms with E-state index in [0.717, 1.165) is 23.7 Å². The predicted octanol–water partition coefficient (Wildman–Crippen LogP) is 8.24. The summed E-state index contributed by atoms with van der Waals surface area (Å²) in [7, 11) is 1.72. The molecule has 0 spiro atoms. The summed E-state index contributed by atoms with van der Waals surface area (Å²) in [6, 6.07) is 16.9. The van der Waals surface area contributed by atoms with Crippen LogP contribution in [0, 0.1) is 42.7 Å². The molecule has 1 saturated heterocycles. The summed E-state index contributed by atoms with van der Waals surface area (Å²) in [5.74, 6) is -0.441. The summed E-state index contributed by atoms with van der Waals surface area (Å²) < 4.78 is 44.9. The van der Waals surface area contributed by atoms with Crippen LogP contribution in [-0.2, 0) is 23.7 Å². The van der Waals surface area contributed by atoms with E-state index in [1.165, 1.54) is 27.1 Å². The number of benzene rings is 3. The van der Waals surface area contributed by atoms with Crippen LogP contribution in [0.3, 0.4) is 0 Å². The lowest BCUT2D eigenvalue weighted by Crippen LogP contribution is -2.41. The van der Waals surface area contributed by atoms with Crippen LogP contribution in [0.25, 0.3) is 39.0 Å². The van der Waals surface area contributed by atoms with Gasteiger partial charge in [0.25, 0.3) is 5.91 Å². The van der Waals surface area contributed by atoms with Crippen molar-refractivity contribution in [2.45, 2.75) is 90.3 Å². The van der Waals surface area contributed by atoms with Crippen LogP contribution in [0.4, 0.5) is 8.78 Å². The molecule has 2 fully saturated rings. The number of aryl methyl sites for hydroxylation is 3. The summed E-state index contributed by atoms with van der Waals surface area (Å²) in [6.45, 7) is 12.6. The van der Waals surface area contributed by atoms with E-state index in [4.69, 9.17) is 9.84 Å². The zero-order valence-corrected chi connectivity index (χ0v) is 35.3. The van der Waals surface area contributed by atoms with Gasteiger partial charge in [-0.1, -0.05) is 13.0 Å². The van der Waals surface area contributed by atoms with Crippen molar-refractivity contribution < 1.29 is 18.3 Å². The topological polar surface area (TPSA) is 121 Å². The molecule has 14 heteroatoms. The van der Waals surface area contributed by atoms with Gasteiger partial charge in [0, 0.05) is 50.0 Å². The number of halogens is 2. The molecule has 12 nitrogen and oxygen atoms in total. The SMILES string of the molecule is Cc1cc(-n2nc3c(c2-n2ccn(-c4ccc5c(cnn5C)c4F)c2=O)[C@H](C)N(C(=O)c2cc4cc([C@H]5CCOC(C)(C)C5)ccc4n2C2(C#N)C[C@@H]2C)CC3)cc(C)c1F. The molecule has 6 heterocycles. The molecule has 1 saturated carbocycles. The Morgan fingerprint density at radius 2 is 1.69 bits per heavy atom. The third-order valence-electron chi connectivity index (χ3n) is 13.6. The first-order chi connectivity index (χ1) is 29.1. The standard InChI is InChI=1S/C47H47F2N9O3/c1-26-18-33(19-27(2)41(26)48)58-43(56-16-15-55(45(56)60)38-11-10-37-34(42(38)49)24-51-53(37)7)40-29(4)54(14-12-35(40)52-58)44(59)39-21-32-20-30(31-13-17-61-46(5,6)23-31)8-9-36(32)57(39)47(25-50)22-28(47)3/h8-11,15-16,18-21,24,28-29,31H,12-14,17,22-23H2,1-7H3/t28-,29-,31-,47?/m0/s1. The molecule has 312 valence electrons. The quantitative estimate of drug-likeness (QED) is 0.167. The summed E-state index contributed by atoms with van der Waals surface area (Å²) in [5.41, 5.74) is 4.13. The van der Waals surface area contributed by atoms with Crippen LogP contribution < -0.4 is 5.69 Å². The van der Waals surface area contributed by atoms with Gasteiger partial charge in [0.1, 0.15) is 22.9 Å². The molecule has 1 amide bonds. The number of imidazole rings is 1. The molecule has 1 aliphatic carbocycles. The number of ether oxygens (including phenoxy) is 1. The summed E-state index contributed by atoms with van der Waals surface area (Å²) >= 11 is 0. The largest absolute Gasteiger partial charge is 0.376 e. The Morgan fingerprint density at radius 1 is 0.967 bits per heavy atom. The van der Waals surface area contributed by atoms with Crippen molar-refractivity contribution >= 4 is 27.7 Å². The van der Waals surface area contributed by atoms with Crippen molar-refractivity contribution in [3.63, 3.8) is 0 Å². The first-order valence-electron chi connectivity index (χ1n) is 20.9. The number of aromatic nitrogens is 7. The first kappa shape index (κ1) is 38.8. The molecule has 7 aromatic rings. The number of rotatable bonds is 6. The molecular weight excluding hydrogens is 777 g/mol. The second kappa shape index (κ2) is 13.6. The van der Waals surface area contributed by atoms with E-state index >= 15 is 13.6 Å². The van der Waals surface area contributed by atoms with Crippen molar-refractivity contribution in [3.8, 4) is 23.3 Å². The Bertz CT molecular complexity index is 3060. The fourth-order valence-electron chi connectivity index (χ4n) is 10.1. The van der Waals surface area contributed by atoms with Gasteiger partial charge in [-0.3, -0.25) is 18.6 Å². The lowest BCUT2D eigenvalue weighted by atomic mass is 9.83. The van der Waals surface area contributed by atoms with E-state index in [9.17, 15) is 10.1 Å². The molecule has 3 aromatic carbocycles. The van der Waals surface area contributed by atoms with Gasteiger partial charge in [0.05, 0.1) is 57.4 Å². The van der Waals surface area contributed by atoms with Gasteiger partial charge < -0.3 is 14.2 Å². The maximum atomic E-state index is 16.1. The second-order valence-electron chi connectivity index (χ2n) is 18.0. The molecule has 0 N–H and O–H groups in total. The minimum Gasteiger partial charge on any atom is -0.376 e. The highest BCUT2D eigenvalue weighted by atomic mass is 19.1. The Balaban J connectivity index is 1.10. The van der Waals surface area contributed by atoms with Crippen LogP contribution in [-0.4, -0.2) is 62.8 Å². The van der Waals surface area contributed by atoms with E-state index in [1.807, 2.05) is 24.5 Å². The molecule has 61 heavy (non-hydrogen) atoms. The average molecular weight is 824 g/mol. The van der Waals surface area contributed by atoms with E-state index in [0.29, 0.717) is 77.0 Å². The normalized spacial score (nSPS) is 22.2. The van der Waals surface area contributed by atoms with Crippen molar-refractivity contribution in [2.24, 2.45) is 13.0 Å². The van der Waals surface area contributed by atoms with Gasteiger partial charge in [0.15, 0.2) is 5.82 Å². The first-order valence-corrected chi connectivity index (χ1v) is 20.9. The van der Waals surface area contributed by atoms with Gasteiger partial charge in [-0.05, 0) is 125 Å². The predicted molar refractivity (Wildman–Crippen MR) is 227 cm³/mol. The Hall–Kier alpha value is -6.33. The number of amides is 1. The van der Waals surface area contributed by atoms with Gasteiger partial charge in [-0.15, -0.1) is 0 Å². The summed E-state index contributed by atoms with van der Waals surface area (Å²) in [5, 5.41) is 21.1. The Kier molecular flexibility index (Phi) is 8.65. The number of nitrogens with zero attached hydrogens (tertiary/aromatic N) is 9. The summed E-state index contributed by atoms with van der Waals surface area (Å²) in [6.07, 6.45) is 7.30. The molecule has 1 unspecified atom stereocenters. The molecule has 0 radical (unpaired) electrons. The Labute approximate surface area is 351 Å². The van der Waals surface area contributed by atoms with E-state index in [2.05, 4.69) is 43.2 Å². The number of nitriles is 1. The number of fused-ring (bicyclic) bond motifs is 3. The minimum absolute atomic E-state index is 0.0491. The average Bonchev–Trinajstić information content (AvgIpc) is 3.69. The third-order valence-corrected chi connectivity index (χ3v) is 13.6. The maximum absolute atomic E-state index is 16.1. The second-order valence-corrected chi connectivity index (χ2v) is 18.0. The van der Waals surface area contributed by atoms with E-state index < -0.39 is 23.1 Å². The smallest absolute Gasteiger partial charge is 0.338 e. The zero-order chi connectivity index (χ0) is 42.9. The van der Waals surface area contributed by atoms with Crippen molar-refractivity contribution in [1.82, 2.24) is 38.2 Å². The van der Waals surface area contributed by atoms with Crippen LogP contribution in [0.2, 0.25) is 0 Å². The minimum atomic E-state index is -0.863. The monoisotopic (exact) mass is 823 g/mol. The third kappa shape index (κ3) is 5.84. The Morgan fingerprint density at radius 3 is 2.39 bits per heavy atom. The maximum Gasteiger partial charge on any atom is 0.338 e. The lowest BCUT2D eigenvalue weighted by molar-refractivity contribution is -0.0592. The molecule has 10 rings (SSSR count). The molecule has 0 bridgehead atoms. The van der Waals surface area contributed by atoms with Crippen molar-refractivity contribution in [3.05, 3.63) is 123 Å².